The van der Waals surface area contributed by atoms with Gasteiger partial charge in [0.1, 0.15) is 6.61 Å². The highest BCUT2D eigenvalue weighted by molar-refractivity contribution is 5.70. The van der Waals surface area contributed by atoms with E-state index in [0.29, 0.717) is 12.8 Å². The van der Waals surface area contributed by atoms with Gasteiger partial charge in [0.25, 0.3) is 0 Å². The molecule has 272 valence electrons. The first-order chi connectivity index (χ1) is 23.6. The molecule has 0 saturated carbocycles. The average molecular weight is 667 g/mol. The van der Waals surface area contributed by atoms with Gasteiger partial charge < -0.3 is 14.6 Å². The van der Waals surface area contributed by atoms with E-state index in [4.69, 9.17) is 9.47 Å². The van der Waals surface area contributed by atoms with Crippen molar-refractivity contribution < 1.29 is 24.2 Å². The fourth-order valence-electron chi connectivity index (χ4n) is 4.74. The topological polar surface area (TPSA) is 72.8 Å². The summed E-state index contributed by atoms with van der Waals surface area (Å²) in [5.74, 6) is -0.728. The van der Waals surface area contributed by atoms with Gasteiger partial charge in [0, 0.05) is 12.8 Å². The van der Waals surface area contributed by atoms with Crippen molar-refractivity contribution in [3.8, 4) is 0 Å². The number of esters is 2. The normalized spacial score (nSPS) is 13.1. The summed E-state index contributed by atoms with van der Waals surface area (Å²) < 4.78 is 10.5. The summed E-state index contributed by atoms with van der Waals surface area (Å²) in [6.45, 7) is 3.99. The van der Waals surface area contributed by atoms with Crippen LogP contribution in [-0.2, 0) is 19.1 Å². The van der Waals surface area contributed by atoms with Crippen LogP contribution < -0.4 is 0 Å². The number of ether oxygens (including phenoxy) is 2. The lowest BCUT2D eigenvalue weighted by molar-refractivity contribution is -0.161. The highest BCUT2D eigenvalue weighted by Crippen LogP contribution is 2.08. The maximum atomic E-state index is 12.1. The molecule has 0 aromatic rings. The minimum absolute atomic E-state index is 0.119. The van der Waals surface area contributed by atoms with Gasteiger partial charge in [-0.15, -0.1) is 0 Å². The Morgan fingerprint density at radius 3 is 1.38 bits per heavy atom. The van der Waals surface area contributed by atoms with E-state index in [1.165, 1.54) is 64.2 Å². The maximum absolute atomic E-state index is 12.1. The summed E-state index contributed by atoms with van der Waals surface area (Å²) in [7, 11) is 0. The average Bonchev–Trinajstić information content (AvgIpc) is 3.09. The molecule has 0 heterocycles. The van der Waals surface area contributed by atoms with Crippen molar-refractivity contribution in [3.63, 3.8) is 0 Å². The number of carbonyl (C=O) groups is 2. The Kier molecular flexibility index (Phi) is 36.2. The molecule has 0 spiro atoms. The van der Waals surface area contributed by atoms with Crippen molar-refractivity contribution in [1.82, 2.24) is 0 Å². The number of hydrogen-bond acceptors (Lipinski definition) is 5. The molecular weight excluding hydrogens is 596 g/mol. The van der Waals surface area contributed by atoms with E-state index in [1.54, 1.807) is 0 Å². The van der Waals surface area contributed by atoms with Gasteiger partial charge in [0.05, 0.1) is 6.61 Å². The quantitative estimate of drug-likeness (QED) is 0.0429. The van der Waals surface area contributed by atoms with Crippen molar-refractivity contribution in [2.24, 2.45) is 0 Å². The van der Waals surface area contributed by atoms with Crippen LogP contribution >= 0.6 is 0 Å². The summed E-state index contributed by atoms with van der Waals surface area (Å²) in [5, 5.41) is 9.52. The summed E-state index contributed by atoms with van der Waals surface area (Å²) in [4.78, 5) is 24.2. The van der Waals surface area contributed by atoms with Crippen LogP contribution in [0.25, 0.3) is 0 Å². The molecule has 48 heavy (non-hydrogen) atoms. The fourth-order valence-corrected chi connectivity index (χ4v) is 4.74. The molecule has 0 aliphatic rings. The van der Waals surface area contributed by atoms with Gasteiger partial charge >= 0.3 is 11.9 Å². The minimum Gasteiger partial charge on any atom is -0.462 e. The Bertz CT molecular complexity index is 937. The number of aliphatic hydroxyl groups excluding tert-OH is 1. The van der Waals surface area contributed by atoms with Crippen LogP contribution in [0.4, 0.5) is 0 Å². The number of hydrogen-bond donors (Lipinski definition) is 1. The highest BCUT2D eigenvalue weighted by atomic mass is 16.6. The van der Waals surface area contributed by atoms with Crippen LogP contribution in [0.15, 0.2) is 85.1 Å². The van der Waals surface area contributed by atoms with Gasteiger partial charge in [-0.3, -0.25) is 9.59 Å². The standard InChI is InChI=1S/C43H70O5/c1-3-5-7-9-11-13-15-17-18-19-20-21-22-23-24-26-28-30-32-34-36-38-43(46)48-41(39-44)40-47-42(45)37-35-33-31-29-27-25-16-14-12-10-8-6-4-2/h11,13,17-18,20-21,23-25,27-28,30-31,33,41,44H,3-10,12,14-16,19,22,26,29,32,34-40H2,1-2H3/b13-11+,18-17+,21-20+,24-23+,27-25+,30-28+,33-31+. The molecule has 0 rings (SSSR count). The van der Waals surface area contributed by atoms with E-state index in [0.717, 1.165) is 51.4 Å². The van der Waals surface area contributed by atoms with Gasteiger partial charge in [0.15, 0.2) is 6.10 Å². The Morgan fingerprint density at radius 1 is 0.479 bits per heavy atom. The summed E-state index contributed by atoms with van der Waals surface area (Å²) in [6.07, 6.45) is 52.2. The van der Waals surface area contributed by atoms with Crippen LogP contribution in [0.5, 0.6) is 0 Å². The number of unbranched alkanes of at least 4 members (excludes halogenated alkanes) is 11. The first kappa shape index (κ1) is 45.1. The van der Waals surface area contributed by atoms with Gasteiger partial charge in [-0.05, 0) is 83.5 Å². The summed E-state index contributed by atoms with van der Waals surface area (Å²) >= 11 is 0. The van der Waals surface area contributed by atoms with Crippen LogP contribution in [0.1, 0.15) is 155 Å². The van der Waals surface area contributed by atoms with Gasteiger partial charge in [-0.2, -0.15) is 0 Å². The van der Waals surface area contributed by atoms with Gasteiger partial charge in [-0.1, -0.05) is 144 Å². The lowest BCUT2D eigenvalue weighted by Crippen LogP contribution is -2.28. The number of carbonyl (C=O) groups excluding carboxylic acids is 2. The second kappa shape index (κ2) is 38.5. The number of allylic oxidation sites excluding steroid dienone is 14. The molecule has 0 aromatic carbocycles. The molecule has 0 amide bonds. The molecule has 1 unspecified atom stereocenters. The lowest BCUT2D eigenvalue weighted by atomic mass is 10.1. The van der Waals surface area contributed by atoms with E-state index < -0.39 is 6.10 Å². The molecular formula is C43H70O5. The third kappa shape index (κ3) is 35.9. The first-order valence-electron chi connectivity index (χ1n) is 19.1. The summed E-state index contributed by atoms with van der Waals surface area (Å²) in [5.41, 5.74) is 0. The molecule has 1 atom stereocenters. The predicted molar refractivity (Wildman–Crippen MR) is 205 cm³/mol. The largest absolute Gasteiger partial charge is 0.462 e. The molecule has 0 aromatic heterocycles. The van der Waals surface area contributed by atoms with Crippen LogP contribution in [0, 0.1) is 0 Å². The highest BCUT2D eigenvalue weighted by Gasteiger charge is 2.15. The van der Waals surface area contributed by atoms with Gasteiger partial charge in [0.2, 0.25) is 0 Å². The predicted octanol–water partition coefficient (Wildman–Crippen LogP) is 11.9. The van der Waals surface area contributed by atoms with Crippen LogP contribution in [0.2, 0.25) is 0 Å². The third-order valence-corrected chi connectivity index (χ3v) is 7.67. The SMILES string of the molecule is CCCCC/C=C/C/C=C/C/C=C/C/C=C/C/C=C/CCCCC(=O)OC(CO)COC(=O)CC/C=C/C/C=C/CCCCCCCC. The van der Waals surface area contributed by atoms with E-state index in [-0.39, 0.29) is 38.0 Å². The third-order valence-electron chi connectivity index (χ3n) is 7.67. The van der Waals surface area contributed by atoms with Crippen molar-refractivity contribution in [3.05, 3.63) is 85.1 Å². The second-order valence-corrected chi connectivity index (χ2v) is 12.3. The minimum atomic E-state index is -0.820. The lowest BCUT2D eigenvalue weighted by Gasteiger charge is -2.15. The maximum Gasteiger partial charge on any atom is 0.306 e. The Labute approximate surface area is 295 Å². The Hall–Kier alpha value is -2.92. The molecule has 0 bridgehead atoms. The Balaban J connectivity index is 3.77. The van der Waals surface area contributed by atoms with E-state index in [9.17, 15) is 14.7 Å². The fraction of sp³-hybridized carbons (Fsp3) is 0.628. The van der Waals surface area contributed by atoms with Gasteiger partial charge in [-0.25, -0.2) is 0 Å². The van der Waals surface area contributed by atoms with Crippen molar-refractivity contribution in [2.45, 2.75) is 161 Å². The zero-order chi connectivity index (χ0) is 35.0. The van der Waals surface area contributed by atoms with Crippen molar-refractivity contribution >= 4 is 11.9 Å². The molecule has 5 heteroatoms. The van der Waals surface area contributed by atoms with E-state index in [2.05, 4.69) is 92.8 Å². The molecule has 5 nitrogen and oxygen atoms in total. The molecule has 1 N–H and O–H groups in total. The molecule has 0 radical (unpaired) electrons. The second-order valence-electron chi connectivity index (χ2n) is 12.3. The van der Waals surface area contributed by atoms with Crippen molar-refractivity contribution in [2.75, 3.05) is 13.2 Å². The molecule has 0 saturated heterocycles. The molecule has 0 fully saturated rings. The smallest absolute Gasteiger partial charge is 0.306 e. The zero-order valence-electron chi connectivity index (χ0n) is 30.7. The molecule has 0 aliphatic heterocycles. The van der Waals surface area contributed by atoms with Crippen LogP contribution in [0.3, 0.4) is 0 Å². The zero-order valence-corrected chi connectivity index (χ0v) is 30.7. The monoisotopic (exact) mass is 667 g/mol. The van der Waals surface area contributed by atoms with E-state index in [1.807, 2.05) is 6.08 Å². The van der Waals surface area contributed by atoms with E-state index >= 15 is 0 Å². The van der Waals surface area contributed by atoms with Crippen molar-refractivity contribution in [1.29, 1.82) is 0 Å². The summed E-state index contributed by atoms with van der Waals surface area (Å²) in [6, 6.07) is 0. The number of aliphatic hydroxyl groups is 1. The Morgan fingerprint density at radius 2 is 0.875 bits per heavy atom. The molecule has 0 aliphatic carbocycles. The van der Waals surface area contributed by atoms with Crippen LogP contribution in [-0.4, -0.2) is 36.4 Å². The number of rotatable bonds is 33. The first-order valence-corrected chi connectivity index (χ1v) is 19.1.